The van der Waals surface area contributed by atoms with Crippen LogP contribution in [0.5, 0.6) is 0 Å². The molecule has 0 saturated heterocycles. The van der Waals surface area contributed by atoms with E-state index in [2.05, 4.69) is 27.0 Å². The average molecular weight is 281 g/mol. The van der Waals surface area contributed by atoms with Gasteiger partial charge in [0.15, 0.2) is 0 Å². The number of nitrogens with zero attached hydrogens (tertiary/aromatic N) is 2. The zero-order valence-electron chi connectivity index (χ0n) is 12.0. The van der Waals surface area contributed by atoms with Gasteiger partial charge in [0.05, 0.1) is 5.92 Å². The second-order valence-electron chi connectivity index (χ2n) is 6.06. The lowest BCUT2D eigenvalue weighted by molar-refractivity contribution is -0.120. The van der Waals surface area contributed by atoms with E-state index in [0.717, 1.165) is 37.3 Å². The Hall–Kier alpha value is -2.10. The van der Waals surface area contributed by atoms with Crippen LogP contribution in [0.3, 0.4) is 0 Å². The van der Waals surface area contributed by atoms with E-state index in [0.29, 0.717) is 0 Å². The lowest BCUT2D eigenvalue weighted by Crippen LogP contribution is -2.31. The van der Waals surface area contributed by atoms with E-state index >= 15 is 0 Å². The molecule has 108 valence electrons. The largest absolute Gasteiger partial charge is 0.334 e. The summed E-state index contributed by atoms with van der Waals surface area (Å²) in [5.74, 6) is 1.27. The molecule has 1 aliphatic carbocycles. The predicted octanol–water partition coefficient (Wildman–Crippen LogP) is 2.57. The van der Waals surface area contributed by atoms with Gasteiger partial charge in [-0.2, -0.15) is 0 Å². The van der Waals surface area contributed by atoms with Crippen molar-refractivity contribution in [3.63, 3.8) is 0 Å². The van der Waals surface area contributed by atoms with E-state index in [1.165, 1.54) is 24.0 Å². The summed E-state index contributed by atoms with van der Waals surface area (Å²) < 4.78 is 2.09. The van der Waals surface area contributed by atoms with Crippen molar-refractivity contribution in [2.24, 2.45) is 5.92 Å². The fourth-order valence-corrected chi connectivity index (χ4v) is 3.47. The van der Waals surface area contributed by atoms with Gasteiger partial charge in [0.2, 0.25) is 5.91 Å². The predicted molar refractivity (Wildman–Crippen MR) is 81.1 cm³/mol. The summed E-state index contributed by atoms with van der Waals surface area (Å²) in [4.78, 5) is 16.8. The number of anilines is 1. The number of amides is 1. The molecule has 4 rings (SSSR count). The molecule has 1 aromatic carbocycles. The van der Waals surface area contributed by atoms with Crippen molar-refractivity contribution < 1.29 is 4.79 Å². The van der Waals surface area contributed by atoms with Crippen molar-refractivity contribution in [3.8, 4) is 0 Å². The summed E-state index contributed by atoms with van der Waals surface area (Å²) >= 11 is 0. The Morgan fingerprint density at radius 2 is 2.14 bits per heavy atom. The normalized spacial score (nSPS) is 19.9. The van der Waals surface area contributed by atoms with Crippen LogP contribution in [0.1, 0.15) is 29.8 Å². The topological polar surface area (TPSA) is 46.9 Å². The number of aryl methyl sites for hydroxylation is 3. The maximum Gasteiger partial charge on any atom is 0.229 e. The van der Waals surface area contributed by atoms with Crippen LogP contribution in [0, 0.1) is 5.92 Å². The van der Waals surface area contributed by atoms with Crippen molar-refractivity contribution >= 4 is 11.6 Å². The minimum absolute atomic E-state index is 0.0416. The smallest absolute Gasteiger partial charge is 0.229 e. The highest BCUT2D eigenvalue weighted by Crippen LogP contribution is 2.26. The number of rotatable bonds is 2. The van der Waals surface area contributed by atoms with Gasteiger partial charge in [-0.3, -0.25) is 4.79 Å². The summed E-state index contributed by atoms with van der Waals surface area (Å²) in [7, 11) is 0. The fraction of sp³-hybridized carbons (Fsp3) is 0.412. The molecular formula is C17H19N3O. The Kier molecular flexibility index (Phi) is 3.02. The number of fused-ring (bicyclic) bond motifs is 2. The van der Waals surface area contributed by atoms with Crippen LogP contribution in [0.25, 0.3) is 0 Å². The van der Waals surface area contributed by atoms with Crippen molar-refractivity contribution in [1.29, 1.82) is 0 Å². The van der Waals surface area contributed by atoms with Gasteiger partial charge in [0, 0.05) is 31.0 Å². The SMILES string of the molecule is O=C(Nc1ccc2c(c1)CCC2)[C@@H]1CCc2nccn2C1. The first kappa shape index (κ1) is 12.6. The maximum atomic E-state index is 12.5. The number of nitrogens with one attached hydrogen (secondary N) is 1. The number of aromatic nitrogens is 2. The summed E-state index contributed by atoms with van der Waals surface area (Å²) in [5.41, 5.74) is 3.78. The molecule has 1 aromatic heterocycles. The Bertz CT molecular complexity index is 689. The highest BCUT2D eigenvalue weighted by molar-refractivity contribution is 5.92. The van der Waals surface area contributed by atoms with Gasteiger partial charge in [-0.05, 0) is 48.9 Å². The first-order valence-electron chi connectivity index (χ1n) is 7.72. The van der Waals surface area contributed by atoms with Crippen molar-refractivity contribution in [2.45, 2.75) is 38.6 Å². The number of carbonyl (C=O) groups is 1. The van der Waals surface area contributed by atoms with E-state index in [1.54, 1.807) is 0 Å². The second-order valence-corrected chi connectivity index (χ2v) is 6.06. The van der Waals surface area contributed by atoms with Crippen LogP contribution in [0.15, 0.2) is 30.6 Å². The van der Waals surface area contributed by atoms with Crippen LogP contribution in [-0.4, -0.2) is 15.5 Å². The van der Waals surface area contributed by atoms with Crippen molar-refractivity contribution in [1.82, 2.24) is 9.55 Å². The first-order chi connectivity index (χ1) is 10.3. The Morgan fingerprint density at radius 3 is 3.10 bits per heavy atom. The van der Waals surface area contributed by atoms with Gasteiger partial charge in [0.25, 0.3) is 0 Å². The molecule has 0 unspecified atom stereocenters. The molecule has 2 heterocycles. The summed E-state index contributed by atoms with van der Waals surface area (Å²) in [5, 5.41) is 3.09. The number of imidazole rings is 1. The van der Waals surface area contributed by atoms with Gasteiger partial charge >= 0.3 is 0 Å². The van der Waals surface area contributed by atoms with E-state index in [4.69, 9.17) is 0 Å². The molecule has 4 heteroatoms. The van der Waals surface area contributed by atoms with Gasteiger partial charge in [0.1, 0.15) is 5.82 Å². The number of hydrogen-bond acceptors (Lipinski definition) is 2. The zero-order valence-corrected chi connectivity index (χ0v) is 12.0. The molecule has 2 aliphatic rings. The van der Waals surface area contributed by atoms with Gasteiger partial charge in [-0.1, -0.05) is 6.07 Å². The minimum atomic E-state index is 0.0416. The van der Waals surface area contributed by atoms with Crippen LogP contribution < -0.4 is 5.32 Å². The number of benzene rings is 1. The van der Waals surface area contributed by atoms with E-state index < -0.39 is 0 Å². The highest BCUT2D eigenvalue weighted by Gasteiger charge is 2.25. The highest BCUT2D eigenvalue weighted by atomic mass is 16.1. The molecule has 2 aromatic rings. The van der Waals surface area contributed by atoms with Gasteiger partial charge in [-0.25, -0.2) is 4.98 Å². The van der Waals surface area contributed by atoms with Gasteiger partial charge < -0.3 is 9.88 Å². The standard InChI is InChI=1S/C17H19N3O/c21-17(14-5-7-16-18-8-9-20(16)11-14)19-15-6-4-12-2-1-3-13(12)10-15/h4,6,8-10,14H,1-3,5,7,11H2,(H,19,21)/t14-/m1/s1. The molecule has 21 heavy (non-hydrogen) atoms. The average Bonchev–Trinajstić information content (AvgIpc) is 3.14. The Labute approximate surface area is 124 Å². The van der Waals surface area contributed by atoms with Crippen molar-refractivity contribution in [2.75, 3.05) is 5.32 Å². The third-order valence-electron chi connectivity index (χ3n) is 4.67. The molecule has 0 fully saturated rings. The van der Waals surface area contributed by atoms with E-state index in [1.807, 2.05) is 18.5 Å². The molecular weight excluding hydrogens is 262 g/mol. The molecule has 1 amide bonds. The van der Waals surface area contributed by atoms with Crippen LogP contribution in [0.2, 0.25) is 0 Å². The van der Waals surface area contributed by atoms with Crippen LogP contribution in [-0.2, 0) is 30.6 Å². The van der Waals surface area contributed by atoms with E-state index in [9.17, 15) is 4.79 Å². The zero-order chi connectivity index (χ0) is 14.2. The number of hydrogen-bond donors (Lipinski definition) is 1. The summed E-state index contributed by atoms with van der Waals surface area (Å²) in [6.07, 6.45) is 9.10. The quantitative estimate of drug-likeness (QED) is 0.919. The second kappa shape index (κ2) is 5.02. The molecule has 0 bridgehead atoms. The van der Waals surface area contributed by atoms with Gasteiger partial charge in [-0.15, -0.1) is 0 Å². The van der Waals surface area contributed by atoms with Crippen LogP contribution >= 0.6 is 0 Å². The third-order valence-corrected chi connectivity index (χ3v) is 4.67. The molecule has 0 spiro atoms. The molecule has 1 N–H and O–H groups in total. The lowest BCUT2D eigenvalue weighted by Gasteiger charge is -2.23. The summed E-state index contributed by atoms with van der Waals surface area (Å²) in [6.45, 7) is 0.742. The molecule has 1 atom stereocenters. The minimum Gasteiger partial charge on any atom is -0.334 e. The Balaban J connectivity index is 1.47. The lowest BCUT2D eigenvalue weighted by atomic mass is 9.98. The Morgan fingerprint density at radius 1 is 1.24 bits per heavy atom. The first-order valence-corrected chi connectivity index (χ1v) is 7.72. The maximum absolute atomic E-state index is 12.5. The monoisotopic (exact) mass is 281 g/mol. The molecule has 1 aliphatic heterocycles. The van der Waals surface area contributed by atoms with E-state index in [-0.39, 0.29) is 11.8 Å². The number of carbonyl (C=O) groups excluding carboxylic acids is 1. The molecule has 0 saturated carbocycles. The van der Waals surface area contributed by atoms with Crippen molar-refractivity contribution in [3.05, 3.63) is 47.5 Å². The molecule has 0 radical (unpaired) electrons. The fourth-order valence-electron chi connectivity index (χ4n) is 3.47. The summed E-state index contributed by atoms with van der Waals surface area (Å²) in [6, 6.07) is 6.34. The molecule has 4 nitrogen and oxygen atoms in total. The van der Waals surface area contributed by atoms with Crippen LogP contribution in [0.4, 0.5) is 5.69 Å². The third kappa shape index (κ3) is 2.35.